The van der Waals surface area contributed by atoms with Gasteiger partial charge in [-0.2, -0.15) is 15.2 Å². The maximum absolute atomic E-state index is 17.1. The maximum Gasteiger partial charge on any atom is 0.319 e. The highest BCUT2D eigenvalue weighted by Crippen LogP contribution is 2.51. The number of nitrogens with zero attached hydrogens (tertiary/aromatic N) is 5. The number of aromatic nitrogens is 2. The smallest absolute Gasteiger partial charge is 0.319 e. The van der Waals surface area contributed by atoms with Crippen LogP contribution in [0.1, 0.15) is 31.2 Å². The van der Waals surface area contributed by atoms with Crippen LogP contribution in [0.5, 0.6) is 11.8 Å². The van der Waals surface area contributed by atoms with E-state index in [1.54, 1.807) is 0 Å². The van der Waals surface area contributed by atoms with Crippen LogP contribution in [-0.4, -0.2) is 65.7 Å². The van der Waals surface area contributed by atoms with Crippen molar-refractivity contribution in [3.63, 3.8) is 0 Å². The summed E-state index contributed by atoms with van der Waals surface area (Å²) in [7, 11) is 0. The second kappa shape index (κ2) is 11.7. The second-order valence-corrected chi connectivity index (χ2v) is 13.4. The highest BCUT2D eigenvalue weighted by molar-refractivity contribution is 7.23. The normalized spacial score (nSPS) is 20.8. The summed E-state index contributed by atoms with van der Waals surface area (Å²) < 4.78 is 71.4. The van der Waals surface area contributed by atoms with Gasteiger partial charge in [0.1, 0.15) is 47.5 Å². The molecule has 0 amide bonds. The van der Waals surface area contributed by atoms with Crippen molar-refractivity contribution in [2.24, 2.45) is 0 Å². The standard InChI is InChI=1S/C33H27ClF4N6O2S/c1-3-17-14-45-28-24-27(26(38)23(25(28)34)18-5-6-20(35)29-22(18)19(12-39)30(40)47-29)41-32(42-31(24)44(17)10-7-21(36)37)46-15-33-8-4-9-43(33)13-16(2)11-33/h1,5-6,17,21H,2,4,7-11,13-15,40H2/t17-,33+/m1/s1. The van der Waals surface area contributed by atoms with Gasteiger partial charge >= 0.3 is 6.01 Å². The van der Waals surface area contributed by atoms with Crippen LogP contribution < -0.4 is 20.1 Å². The molecule has 2 aromatic heterocycles. The lowest BCUT2D eigenvalue weighted by Crippen LogP contribution is -2.43. The highest BCUT2D eigenvalue weighted by atomic mass is 35.5. The molecule has 0 saturated carbocycles. The molecule has 0 unspecified atom stereocenters. The van der Waals surface area contributed by atoms with Crippen LogP contribution in [-0.2, 0) is 0 Å². The molecule has 3 aliphatic rings. The first-order valence-corrected chi connectivity index (χ1v) is 16.1. The lowest BCUT2D eigenvalue weighted by molar-refractivity contribution is 0.108. The fourth-order valence-electron chi connectivity index (χ4n) is 7.07. The monoisotopic (exact) mass is 682 g/mol. The minimum absolute atomic E-state index is 0.0224. The number of terminal acetylenes is 1. The number of nitrogen functional groups attached to an aromatic ring is 1. The van der Waals surface area contributed by atoms with Crippen molar-refractivity contribution >= 4 is 54.7 Å². The Morgan fingerprint density at radius 1 is 1.30 bits per heavy atom. The summed E-state index contributed by atoms with van der Waals surface area (Å²) in [5, 5.41) is 9.83. The van der Waals surface area contributed by atoms with Crippen LogP contribution in [0.3, 0.4) is 0 Å². The summed E-state index contributed by atoms with van der Waals surface area (Å²) in [4.78, 5) is 12.9. The van der Waals surface area contributed by atoms with Crippen LogP contribution in [0.25, 0.3) is 32.1 Å². The van der Waals surface area contributed by atoms with E-state index in [0.29, 0.717) is 0 Å². The Kier molecular flexibility index (Phi) is 7.82. The number of alkyl halides is 2. The van der Waals surface area contributed by atoms with Crippen molar-refractivity contribution in [2.75, 3.05) is 43.5 Å². The molecule has 2 fully saturated rings. The van der Waals surface area contributed by atoms with E-state index in [2.05, 4.69) is 27.4 Å². The average molecular weight is 683 g/mol. The van der Waals surface area contributed by atoms with E-state index in [-0.39, 0.29) is 90.6 Å². The van der Waals surface area contributed by atoms with Gasteiger partial charge in [0, 0.05) is 30.5 Å². The second-order valence-electron chi connectivity index (χ2n) is 12.0. The first kappa shape index (κ1) is 31.3. The van der Waals surface area contributed by atoms with Gasteiger partial charge in [0.15, 0.2) is 11.6 Å². The number of ether oxygens (including phenoxy) is 2. The van der Waals surface area contributed by atoms with E-state index >= 15 is 4.39 Å². The number of hydrogen-bond donors (Lipinski definition) is 1. The molecule has 2 aromatic carbocycles. The van der Waals surface area contributed by atoms with Gasteiger partial charge in [0.05, 0.1) is 26.2 Å². The van der Waals surface area contributed by atoms with Crippen LogP contribution in [0.2, 0.25) is 5.02 Å². The van der Waals surface area contributed by atoms with Crippen molar-refractivity contribution in [2.45, 2.75) is 43.7 Å². The average Bonchev–Trinajstić information content (AvgIpc) is 3.65. The van der Waals surface area contributed by atoms with Crippen LogP contribution in [0.15, 0.2) is 24.3 Å². The van der Waals surface area contributed by atoms with Crippen molar-refractivity contribution in [1.82, 2.24) is 14.9 Å². The van der Waals surface area contributed by atoms with Crippen LogP contribution in [0, 0.1) is 35.3 Å². The first-order chi connectivity index (χ1) is 22.6. The third-order valence-corrected chi connectivity index (χ3v) is 10.5. The molecule has 2 N–H and O–H groups in total. The van der Waals surface area contributed by atoms with Crippen molar-refractivity contribution in [3.05, 3.63) is 46.5 Å². The predicted octanol–water partition coefficient (Wildman–Crippen LogP) is 6.93. The quantitative estimate of drug-likeness (QED) is 0.127. The number of fused-ring (bicyclic) bond motifs is 2. The zero-order valence-corrected chi connectivity index (χ0v) is 26.5. The van der Waals surface area contributed by atoms with Gasteiger partial charge in [0.25, 0.3) is 0 Å². The number of nitrogens with two attached hydrogens (primary N) is 1. The summed E-state index contributed by atoms with van der Waals surface area (Å²) >= 11 is 7.77. The maximum atomic E-state index is 17.1. The molecule has 8 nitrogen and oxygen atoms in total. The zero-order chi connectivity index (χ0) is 33.2. The van der Waals surface area contributed by atoms with Crippen molar-refractivity contribution < 1.29 is 27.0 Å². The van der Waals surface area contributed by atoms with E-state index < -0.39 is 30.5 Å². The molecule has 5 heterocycles. The first-order valence-electron chi connectivity index (χ1n) is 14.9. The number of benzene rings is 2. The molecule has 47 heavy (non-hydrogen) atoms. The Morgan fingerprint density at radius 3 is 2.85 bits per heavy atom. The molecule has 4 aromatic rings. The molecule has 7 rings (SSSR count). The predicted molar refractivity (Wildman–Crippen MR) is 173 cm³/mol. The lowest BCUT2D eigenvalue weighted by Gasteiger charge is -2.31. The van der Waals surface area contributed by atoms with E-state index in [9.17, 15) is 18.4 Å². The third kappa shape index (κ3) is 5.00. The molecule has 2 saturated heterocycles. The molecular weight excluding hydrogens is 656 g/mol. The van der Waals surface area contributed by atoms with Crippen LogP contribution in [0.4, 0.5) is 28.4 Å². The summed E-state index contributed by atoms with van der Waals surface area (Å²) in [6, 6.07) is 3.36. The minimum atomic E-state index is -2.65. The van der Waals surface area contributed by atoms with Gasteiger partial charge in [-0.3, -0.25) is 4.90 Å². The molecular formula is C33H27ClF4N6O2S. The van der Waals surface area contributed by atoms with E-state index in [1.807, 2.05) is 6.07 Å². The lowest BCUT2D eigenvalue weighted by atomic mass is 9.94. The molecule has 2 atom stereocenters. The molecule has 0 aliphatic carbocycles. The Hall–Kier alpha value is -4.30. The van der Waals surface area contributed by atoms with Crippen molar-refractivity contribution in [3.8, 4) is 41.3 Å². The molecule has 0 radical (unpaired) electrons. The number of hydrogen-bond acceptors (Lipinski definition) is 9. The minimum Gasteiger partial charge on any atom is -0.488 e. The number of rotatable bonds is 7. The number of thiophene rings is 1. The third-order valence-electron chi connectivity index (χ3n) is 9.16. The van der Waals surface area contributed by atoms with Crippen LogP contribution >= 0.6 is 22.9 Å². The summed E-state index contributed by atoms with van der Waals surface area (Å²) in [6.45, 7) is 5.56. The summed E-state index contributed by atoms with van der Waals surface area (Å²) in [5.41, 5.74) is 6.40. The fourth-order valence-corrected chi connectivity index (χ4v) is 8.35. The highest BCUT2D eigenvalue weighted by Gasteiger charge is 2.46. The summed E-state index contributed by atoms with van der Waals surface area (Å²) in [6.07, 6.45) is 5.22. The Morgan fingerprint density at radius 2 is 2.11 bits per heavy atom. The van der Waals surface area contributed by atoms with E-state index in [4.69, 9.17) is 33.2 Å². The van der Waals surface area contributed by atoms with Crippen molar-refractivity contribution in [1.29, 1.82) is 5.26 Å². The molecule has 3 aliphatic heterocycles. The zero-order valence-electron chi connectivity index (χ0n) is 24.9. The molecule has 242 valence electrons. The Balaban J connectivity index is 1.47. The van der Waals surface area contributed by atoms with E-state index in [0.717, 1.165) is 55.3 Å². The summed E-state index contributed by atoms with van der Waals surface area (Å²) in [5.74, 6) is 0.986. The Labute approximate surface area is 276 Å². The number of halogens is 5. The number of nitriles is 1. The van der Waals surface area contributed by atoms with Gasteiger partial charge in [0.2, 0.25) is 6.43 Å². The van der Waals surface area contributed by atoms with E-state index in [1.165, 1.54) is 11.0 Å². The van der Waals surface area contributed by atoms with Gasteiger partial charge in [-0.15, -0.1) is 17.8 Å². The van der Waals surface area contributed by atoms with Gasteiger partial charge in [-0.1, -0.05) is 35.7 Å². The fraction of sp³-hybridized carbons (Fsp3) is 0.364. The largest absolute Gasteiger partial charge is 0.488 e. The Bertz CT molecular complexity index is 2060. The van der Waals surface area contributed by atoms with Gasteiger partial charge in [-0.25, -0.2) is 17.6 Å². The van der Waals surface area contributed by atoms with Gasteiger partial charge < -0.3 is 20.1 Å². The SMILES string of the molecule is C#C[C@@H]1COc2c(Cl)c(-c3ccc(F)c4sc(N)c(C#N)c34)c(F)c3nc(OC[C@@]45CCCN4CC(=C)C5)nc(c23)N1CCC(F)F. The molecule has 0 spiro atoms. The number of anilines is 2. The topological polar surface area (TPSA) is 101 Å². The molecule has 0 bridgehead atoms. The molecule has 14 heteroatoms. The van der Waals surface area contributed by atoms with Gasteiger partial charge in [-0.05, 0) is 37.4 Å².